The van der Waals surface area contributed by atoms with E-state index in [9.17, 15) is 10.1 Å². The Bertz CT molecular complexity index is 345. The van der Waals surface area contributed by atoms with Gasteiger partial charge in [0.15, 0.2) is 0 Å². The average Bonchev–Trinajstić information content (AvgIpc) is 2.45. The Morgan fingerprint density at radius 3 is 2.42 bits per heavy atom. The summed E-state index contributed by atoms with van der Waals surface area (Å²) in [5, 5.41) is 18.5. The zero-order valence-electron chi connectivity index (χ0n) is 12.2. The van der Waals surface area contributed by atoms with Gasteiger partial charge in [-0.05, 0) is 26.8 Å². The molecule has 19 heavy (non-hydrogen) atoms. The van der Waals surface area contributed by atoms with Crippen LogP contribution in [-0.4, -0.2) is 59.6 Å². The Morgan fingerprint density at radius 1 is 1.37 bits per heavy atom. The quantitative estimate of drug-likeness (QED) is 0.806. The van der Waals surface area contributed by atoms with Crippen LogP contribution in [0.25, 0.3) is 0 Å². The van der Waals surface area contributed by atoms with Crippen LogP contribution in [0.5, 0.6) is 0 Å². The SMILES string of the molecule is CC(CO)N(C)CC(=O)N(C)C1(C#N)CCCCC1. The van der Waals surface area contributed by atoms with Crippen LogP contribution in [0, 0.1) is 11.3 Å². The van der Waals surface area contributed by atoms with Crippen molar-refractivity contribution in [2.45, 2.75) is 50.6 Å². The van der Waals surface area contributed by atoms with Gasteiger partial charge >= 0.3 is 0 Å². The normalized spacial score (nSPS) is 19.8. The minimum atomic E-state index is -0.626. The number of hydrogen-bond acceptors (Lipinski definition) is 4. The zero-order chi connectivity index (χ0) is 14.5. The smallest absolute Gasteiger partial charge is 0.237 e. The summed E-state index contributed by atoms with van der Waals surface area (Å²) in [5.41, 5.74) is -0.626. The molecule has 1 aliphatic carbocycles. The molecule has 1 atom stereocenters. The molecule has 1 amide bonds. The van der Waals surface area contributed by atoms with Gasteiger partial charge in [0.2, 0.25) is 5.91 Å². The first-order chi connectivity index (χ1) is 8.96. The van der Waals surface area contributed by atoms with Crippen molar-refractivity contribution in [3.8, 4) is 6.07 Å². The third-order valence-corrected chi connectivity index (χ3v) is 4.31. The summed E-state index contributed by atoms with van der Waals surface area (Å²) < 4.78 is 0. The predicted molar refractivity (Wildman–Crippen MR) is 73.4 cm³/mol. The lowest BCUT2D eigenvalue weighted by Crippen LogP contribution is -2.53. The van der Waals surface area contributed by atoms with E-state index in [2.05, 4.69) is 6.07 Å². The molecule has 1 aliphatic rings. The summed E-state index contributed by atoms with van der Waals surface area (Å²) in [4.78, 5) is 15.7. The van der Waals surface area contributed by atoms with Crippen LogP contribution in [0.2, 0.25) is 0 Å². The minimum Gasteiger partial charge on any atom is -0.395 e. The molecule has 5 heteroatoms. The second-order valence-corrected chi connectivity index (χ2v) is 5.60. The molecular formula is C14H25N3O2. The van der Waals surface area contributed by atoms with Crippen molar-refractivity contribution in [1.82, 2.24) is 9.80 Å². The Labute approximate surface area is 115 Å². The predicted octanol–water partition coefficient (Wildman–Crippen LogP) is 0.984. The molecule has 0 aromatic heterocycles. The van der Waals surface area contributed by atoms with Crippen molar-refractivity contribution >= 4 is 5.91 Å². The van der Waals surface area contributed by atoms with Gasteiger partial charge in [-0.15, -0.1) is 0 Å². The van der Waals surface area contributed by atoms with E-state index in [1.807, 2.05) is 18.9 Å². The molecular weight excluding hydrogens is 242 g/mol. The molecule has 0 saturated heterocycles. The van der Waals surface area contributed by atoms with Gasteiger partial charge in [-0.25, -0.2) is 0 Å². The van der Waals surface area contributed by atoms with Gasteiger partial charge in [0, 0.05) is 13.1 Å². The molecule has 0 radical (unpaired) electrons. The number of aliphatic hydroxyl groups is 1. The summed E-state index contributed by atoms with van der Waals surface area (Å²) in [7, 11) is 3.54. The van der Waals surface area contributed by atoms with E-state index in [0.29, 0.717) is 0 Å². The highest BCUT2D eigenvalue weighted by Gasteiger charge is 2.38. The summed E-state index contributed by atoms with van der Waals surface area (Å²) in [6.07, 6.45) is 4.70. The second-order valence-electron chi connectivity index (χ2n) is 5.60. The third-order valence-electron chi connectivity index (χ3n) is 4.31. The van der Waals surface area contributed by atoms with Gasteiger partial charge < -0.3 is 10.0 Å². The van der Waals surface area contributed by atoms with E-state index in [1.165, 1.54) is 0 Å². The average molecular weight is 267 g/mol. The first-order valence-electron chi connectivity index (χ1n) is 6.96. The van der Waals surface area contributed by atoms with Gasteiger partial charge in [-0.1, -0.05) is 19.3 Å². The lowest BCUT2D eigenvalue weighted by molar-refractivity contribution is -0.136. The van der Waals surface area contributed by atoms with Gasteiger partial charge in [0.25, 0.3) is 0 Å². The molecule has 1 rings (SSSR count). The molecule has 5 nitrogen and oxygen atoms in total. The minimum absolute atomic E-state index is 0.0247. The highest BCUT2D eigenvalue weighted by Crippen LogP contribution is 2.32. The summed E-state index contributed by atoms with van der Waals surface area (Å²) in [6, 6.07) is 2.30. The van der Waals surface area contributed by atoms with E-state index < -0.39 is 5.54 Å². The number of nitriles is 1. The number of nitrogens with zero attached hydrogens (tertiary/aromatic N) is 3. The fourth-order valence-corrected chi connectivity index (χ4v) is 2.51. The maximum Gasteiger partial charge on any atom is 0.237 e. The highest BCUT2D eigenvalue weighted by atomic mass is 16.3. The number of hydrogen-bond donors (Lipinski definition) is 1. The van der Waals surface area contributed by atoms with Crippen molar-refractivity contribution in [3.05, 3.63) is 0 Å². The van der Waals surface area contributed by atoms with E-state index in [-0.39, 0.29) is 25.1 Å². The highest BCUT2D eigenvalue weighted by molar-refractivity contribution is 5.79. The van der Waals surface area contributed by atoms with Crippen LogP contribution in [0.4, 0.5) is 0 Å². The molecule has 0 heterocycles. The zero-order valence-corrected chi connectivity index (χ0v) is 12.2. The summed E-state index contributed by atoms with van der Waals surface area (Å²) in [6.45, 7) is 2.13. The van der Waals surface area contributed by atoms with Gasteiger partial charge in [0.1, 0.15) is 5.54 Å². The maximum absolute atomic E-state index is 12.3. The molecule has 108 valence electrons. The fraction of sp³-hybridized carbons (Fsp3) is 0.857. The standard InChI is InChI=1S/C14H25N3O2/c1-12(10-18)16(2)9-13(19)17(3)14(11-15)7-5-4-6-8-14/h12,18H,4-10H2,1-3H3. The molecule has 1 saturated carbocycles. The van der Waals surface area contributed by atoms with Gasteiger partial charge in [-0.2, -0.15) is 5.26 Å². The van der Waals surface area contributed by atoms with E-state index in [1.54, 1.807) is 11.9 Å². The Balaban J connectivity index is 2.67. The van der Waals surface area contributed by atoms with Crippen LogP contribution >= 0.6 is 0 Å². The van der Waals surface area contributed by atoms with Crippen molar-refractivity contribution in [3.63, 3.8) is 0 Å². The Hall–Kier alpha value is -1.12. The van der Waals surface area contributed by atoms with Gasteiger partial charge in [-0.3, -0.25) is 9.69 Å². The number of aliphatic hydroxyl groups excluding tert-OH is 1. The van der Waals surface area contributed by atoms with Gasteiger partial charge in [0.05, 0.1) is 19.2 Å². The van der Waals surface area contributed by atoms with Crippen LogP contribution in [0.3, 0.4) is 0 Å². The van der Waals surface area contributed by atoms with Crippen molar-refractivity contribution < 1.29 is 9.90 Å². The Morgan fingerprint density at radius 2 is 1.95 bits per heavy atom. The largest absolute Gasteiger partial charge is 0.395 e. The van der Waals surface area contributed by atoms with Crippen LogP contribution < -0.4 is 0 Å². The van der Waals surface area contributed by atoms with Crippen molar-refractivity contribution in [2.75, 3.05) is 27.2 Å². The molecule has 1 N–H and O–H groups in total. The molecule has 0 aliphatic heterocycles. The maximum atomic E-state index is 12.3. The van der Waals surface area contributed by atoms with Crippen LogP contribution in [0.1, 0.15) is 39.0 Å². The molecule has 0 bridgehead atoms. The number of likely N-dealkylation sites (N-methyl/N-ethyl adjacent to an activating group) is 2. The van der Waals surface area contributed by atoms with E-state index >= 15 is 0 Å². The number of rotatable bonds is 5. The van der Waals surface area contributed by atoms with E-state index in [0.717, 1.165) is 32.1 Å². The first kappa shape index (κ1) is 15.9. The number of carbonyl (C=O) groups is 1. The molecule has 0 aromatic rings. The Kier molecular flexibility index (Phi) is 5.77. The third kappa shape index (κ3) is 3.68. The number of carbonyl (C=O) groups excluding carboxylic acids is 1. The van der Waals surface area contributed by atoms with Crippen LogP contribution in [0.15, 0.2) is 0 Å². The van der Waals surface area contributed by atoms with E-state index in [4.69, 9.17) is 5.11 Å². The second kappa shape index (κ2) is 6.88. The summed E-state index contributed by atoms with van der Waals surface area (Å²) >= 11 is 0. The van der Waals surface area contributed by atoms with Crippen molar-refractivity contribution in [2.24, 2.45) is 0 Å². The molecule has 1 unspecified atom stereocenters. The first-order valence-corrected chi connectivity index (χ1v) is 6.96. The fourth-order valence-electron chi connectivity index (χ4n) is 2.51. The molecule has 1 fully saturated rings. The van der Waals surface area contributed by atoms with Crippen LogP contribution in [-0.2, 0) is 4.79 Å². The molecule has 0 aromatic carbocycles. The molecule has 0 spiro atoms. The lowest BCUT2D eigenvalue weighted by Gasteiger charge is -2.40. The lowest BCUT2D eigenvalue weighted by atomic mass is 9.81. The monoisotopic (exact) mass is 267 g/mol. The van der Waals surface area contributed by atoms with Crippen molar-refractivity contribution in [1.29, 1.82) is 5.26 Å². The topological polar surface area (TPSA) is 67.6 Å². The number of amides is 1. The summed E-state index contributed by atoms with van der Waals surface area (Å²) in [5.74, 6) is -0.0498.